The molecule has 0 atom stereocenters. The first-order valence-corrected chi connectivity index (χ1v) is 7.20. The summed E-state index contributed by atoms with van der Waals surface area (Å²) in [6.07, 6.45) is -5.39. The van der Waals surface area contributed by atoms with Crippen molar-refractivity contribution in [1.29, 1.82) is 0 Å². The molecule has 0 amide bonds. The van der Waals surface area contributed by atoms with Crippen molar-refractivity contribution in [2.75, 3.05) is 5.73 Å². The van der Waals surface area contributed by atoms with Gasteiger partial charge in [-0.15, -0.1) is 0 Å². The van der Waals surface area contributed by atoms with Gasteiger partial charge in [-0.1, -0.05) is 0 Å². The first-order valence-electron chi connectivity index (χ1n) is 5.72. The lowest BCUT2D eigenvalue weighted by molar-refractivity contribution is -0.160. The van der Waals surface area contributed by atoms with Crippen molar-refractivity contribution >= 4 is 21.7 Å². The number of aromatic carboxylic acids is 1. The van der Waals surface area contributed by atoms with Crippen LogP contribution in [-0.4, -0.2) is 31.2 Å². The van der Waals surface area contributed by atoms with Crippen LogP contribution in [0.25, 0.3) is 0 Å². The molecule has 4 N–H and O–H groups in total. The van der Waals surface area contributed by atoms with Gasteiger partial charge in [0.15, 0.2) is 0 Å². The molecule has 21 heavy (non-hydrogen) atoms. The summed E-state index contributed by atoms with van der Waals surface area (Å²) in [5.41, 5.74) is 2.28. The van der Waals surface area contributed by atoms with Crippen LogP contribution in [0.4, 0.5) is 18.9 Å². The summed E-state index contributed by atoms with van der Waals surface area (Å²) < 4.78 is 63.9. The third kappa shape index (κ3) is 2.81. The number of hydrogen-bond donors (Lipinski definition) is 3. The molecule has 1 aliphatic rings. The Morgan fingerprint density at radius 3 is 2.29 bits per heavy atom. The summed E-state index contributed by atoms with van der Waals surface area (Å²) in [4.78, 5) is 10.1. The average molecular weight is 324 g/mol. The molecule has 0 aliphatic heterocycles. The Hall–Kier alpha value is -1.81. The smallest absolute Gasteiger partial charge is 0.407 e. The van der Waals surface area contributed by atoms with E-state index in [9.17, 15) is 26.4 Å². The van der Waals surface area contributed by atoms with E-state index >= 15 is 0 Å². The molecule has 0 unspecified atom stereocenters. The van der Waals surface area contributed by atoms with Crippen LogP contribution < -0.4 is 10.5 Å². The summed E-state index contributed by atoms with van der Waals surface area (Å²) in [6, 6.07) is 2.71. The molecular weight excluding hydrogens is 313 g/mol. The van der Waals surface area contributed by atoms with E-state index in [0.29, 0.717) is 0 Å². The van der Waals surface area contributed by atoms with E-state index in [1.807, 2.05) is 0 Å². The highest BCUT2D eigenvalue weighted by Crippen LogP contribution is 2.49. The molecule has 10 heteroatoms. The number of alkyl halides is 3. The quantitative estimate of drug-likeness (QED) is 0.724. The molecule has 116 valence electrons. The van der Waals surface area contributed by atoms with Crippen LogP contribution in [-0.2, 0) is 10.0 Å². The molecule has 1 fully saturated rings. The van der Waals surface area contributed by atoms with E-state index in [1.165, 1.54) is 0 Å². The fourth-order valence-electron chi connectivity index (χ4n) is 1.81. The number of nitrogens with one attached hydrogen (secondary N) is 1. The average Bonchev–Trinajstić information content (AvgIpc) is 3.07. The first-order chi connectivity index (χ1) is 9.48. The Labute approximate surface area is 117 Å². The van der Waals surface area contributed by atoms with Gasteiger partial charge in [-0.05, 0) is 31.0 Å². The summed E-state index contributed by atoms with van der Waals surface area (Å²) >= 11 is 0. The van der Waals surface area contributed by atoms with E-state index in [1.54, 1.807) is 4.72 Å². The van der Waals surface area contributed by atoms with Gasteiger partial charge in [0, 0.05) is 0 Å². The van der Waals surface area contributed by atoms with Gasteiger partial charge in [0.1, 0.15) is 10.4 Å². The maximum Gasteiger partial charge on any atom is 0.407 e. The number of halogens is 3. The fraction of sp³-hybridized carbons (Fsp3) is 0.364. The zero-order valence-corrected chi connectivity index (χ0v) is 11.3. The van der Waals surface area contributed by atoms with Crippen molar-refractivity contribution in [2.24, 2.45) is 0 Å². The predicted octanol–water partition coefficient (Wildman–Crippen LogP) is 1.34. The Bertz CT molecular complexity index is 696. The Kier molecular flexibility index (Phi) is 3.41. The molecule has 1 saturated carbocycles. The SMILES string of the molecule is Nc1cc(C(=O)O)ccc1S(=O)(=O)NC1(C(F)(F)F)CC1. The minimum Gasteiger partial charge on any atom is -0.478 e. The number of sulfonamides is 1. The summed E-state index contributed by atoms with van der Waals surface area (Å²) in [7, 11) is -4.50. The topological polar surface area (TPSA) is 109 Å². The molecule has 0 bridgehead atoms. The van der Waals surface area contributed by atoms with Crippen molar-refractivity contribution < 1.29 is 31.5 Å². The molecule has 1 aromatic carbocycles. The molecule has 1 aliphatic carbocycles. The van der Waals surface area contributed by atoms with E-state index in [-0.39, 0.29) is 18.4 Å². The van der Waals surface area contributed by atoms with Gasteiger partial charge in [0.2, 0.25) is 10.0 Å². The first kappa shape index (κ1) is 15.6. The largest absolute Gasteiger partial charge is 0.478 e. The van der Waals surface area contributed by atoms with Crippen molar-refractivity contribution in [1.82, 2.24) is 4.72 Å². The standard InChI is InChI=1S/C11H11F3N2O4S/c12-11(13,14)10(3-4-10)16-21(19,20)8-2-1-6(9(17)18)5-7(8)15/h1-2,5,16H,3-4,15H2,(H,17,18). The highest BCUT2D eigenvalue weighted by Gasteiger charge is 2.65. The van der Waals surface area contributed by atoms with E-state index in [4.69, 9.17) is 10.8 Å². The Morgan fingerprint density at radius 2 is 1.90 bits per heavy atom. The molecule has 0 heterocycles. The van der Waals surface area contributed by atoms with Gasteiger partial charge in [-0.25, -0.2) is 13.2 Å². The minimum atomic E-state index is -4.70. The number of nitrogens with two attached hydrogens (primary N) is 1. The van der Waals surface area contributed by atoms with Crippen LogP contribution in [0.1, 0.15) is 23.2 Å². The number of carbonyl (C=O) groups is 1. The highest BCUT2D eigenvalue weighted by atomic mass is 32.2. The highest BCUT2D eigenvalue weighted by molar-refractivity contribution is 7.89. The second-order valence-corrected chi connectivity index (χ2v) is 6.39. The zero-order valence-electron chi connectivity index (χ0n) is 10.4. The van der Waals surface area contributed by atoms with Gasteiger partial charge in [0.25, 0.3) is 0 Å². The second kappa shape index (κ2) is 4.60. The van der Waals surface area contributed by atoms with Crippen LogP contribution in [0.2, 0.25) is 0 Å². The lowest BCUT2D eigenvalue weighted by atomic mass is 10.2. The van der Waals surface area contributed by atoms with Gasteiger partial charge in [-0.2, -0.15) is 17.9 Å². The molecule has 0 aromatic heterocycles. The van der Waals surface area contributed by atoms with E-state index in [0.717, 1.165) is 18.2 Å². The summed E-state index contributed by atoms with van der Waals surface area (Å²) in [5.74, 6) is -1.33. The number of benzene rings is 1. The van der Waals surface area contributed by atoms with Crippen LogP contribution >= 0.6 is 0 Å². The number of rotatable bonds is 4. The van der Waals surface area contributed by atoms with Crippen LogP contribution in [0, 0.1) is 0 Å². The lowest BCUT2D eigenvalue weighted by Gasteiger charge is -2.21. The van der Waals surface area contributed by atoms with Crippen LogP contribution in [0.5, 0.6) is 0 Å². The lowest BCUT2D eigenvalue weighted by Crippen LogP contribution is -2.47. The van der Waals surface area contributed by atoms with Gasteiger partial charge in [-0.3, -0.25) is 0 Å². The van der Waals surface area contributed by atoms with Crippen molar-refractivity contribution in [3.63, 3.8) is 0 Å². The minimum absolute atomic E-state index is 0.261. The maximum absolute atomic E-state index is 12.8. The fourth-order valence-corrected chi connectivity index (χ4v) is 3.37. The van der Waals surface area contributed by atoms with Crippen molar-refractivity contribution in [3.8, 4) is 0 Å². The monoisotopic (exact) mass is 324 g/mol. The second-order valence-electron chi connectivity index (χ2n) is 4.74. The third-order valence-electron chi connectivity index (χ3n) is 3.17. The molecular formula is C11H11F3N2O4S. The number of anilines is 1. The molecule has 1 aromatic rings. The Morgan fingerprint density at radius 1 is 1.33 bits per heavy atom. The van der Waals surface area contributed by atoms with E-state index < -0.39 is 38.3 Å². The Balaban J connectivity index is 2.35. The molecule has 6 nitrogen and oxygen atoms in total. The zero-order chi connectivity index (χ0) is 16.1. The third-order valence-corrected chi connectivity index (χ3v) is 4.78. The van der Waals surface area contributed by atoms with Crippen LogP contribution in [0.3, 0.4) is 0 Å². The summed E-state index contributed by atoms with van der Waals surface area (Å²) in [5, 5.41) is 8.74. The van der Waals surface area contributed by atoms with Gasteiger partial charge < -0.3 is 10.8 Å². The molecule has 0 spiro atoms. The van der Waals surface area contributed by atoms with E-state index in [2.05, 4.69) is 0 Å². The predicted molar refractivity (Wildman–Crippen MR) is 66.2 cm³/mol. The summed E-state index contributed by atoms with van der Waals surface area (Å²) in [6.45, 7) is 0. The maximum atomic E-state index is 12.8. The molecule has 2 rings (SSSR count). The van der Waals surface area contributed by atoms with Crippen molar-refractivity contribution in [3.05, 3.63) is 23.8 Å². The number of carboxylic acid groups (broad SMARTS) is 1. The number of hydrogen-bond acceptors (Lipinski definition) is 4. The van der Waals surface area contributed by atoms with Gasteiger partial charge >= 0.3 is 12.1 Å². The van der Waals surface area contributed by atoms with Gasteiger partial charge in [0.05, 0.1) is 11.3 Å². The van der Waals surface area contributed by atoms with Crippen molar-refractivity contribution in [2.45, 2.75) is 29.5 Å². The normalized spacial score (nSPS) is 17.5. The number of carboxylic acids is 1. The molecule has 0 saturated heterocycles. The van der Waals surface area contributed by atoms with Crippen LogP contribution in [0.15, 0.2) is 23.1 Å². The number of nitrogen functional groups attached to an aromatic ring is 1. The molecule has 0 radical (unpaired) electrons.